The predicted molar refractivity (Wildman–Crippen MR) is 74.0 cm³/mol. The average molecular weight is 260 g/mol. The van der Waals surface area contributed by atoms with Gasteiger partial charge in [-0.1, -0.05) is 19.1 Å². The Bertz CT molecular complexity index is 512. The summed E-state index contributed by atoms with van der Waals surface area (Å²) < 4.78 is 5.55. The van der Waals surface area contributed by atoms with Crippen LogP contribution in [-0.2, 0) is 6.54 Å². The summed E-state index contributed by atoms with van der Waals surface area (Å²) in [6, 6.07) is 7.51. The Morgan fingerprint density at radius 1 is 1.26 bits per heavy atom. The number of aromatic nitrogens is 1. The van der Waals surface area contributed by atoms with E-state index in [9.17, 15) is 5.11 Å². The minimum absolute atomic E-state index is 0.230. The number of aromatic hydroxyl groups is 1. The molecule has 0 fully saturated rings. The van der Waals surface area contributed by atoms with Gasteiger partial charge in [-0.25, -0.2) is 4.98 Å². The van der Waals surface area contributed by atoms with E-state index in [2.05, 4.69) is 17.2 Å². The number of aryl methyl sites for hydroxylation is 2. The first-order valence-corrected chi connectivity index (χ1v) is 6.55. The molecule has 1 unspecified atom stereocenters. The van der Waals surface area contributed by atoms with Crippen molar-refractivity contribution < 1.29 is 9.52 Å². The molecule has 1 aromatic carbocycles. The van der Waals surface area contributed by atoms with E-state index in [0.29, 0.717) is 12.4 Å². The molecule has 0 aliphatic rings. The summed E-state index contributed by atoms with van der Waals surface area (Å²) >= 11 is 0. The zero-order valence-corrected chi connectivity index (χ0v) is 11.6. The van der Waals surface area contributed by atoms with Crippen LogP contribution in [0.2, 0.25) is 0 Å². The van der Waals surface area contributed by atoms with Crippen molar-refractivity contribution in [1.82, 2.24) is 10.3 Å². The minimum Gasteiger partial charge on any atom is -0.508 e. The van der Waals surface area contributed by atoms with Crippen molar-refractivity contribution in [2.45, 2.75) is 39.8 Å². The van der Waals surface area contributed by atoms with Gasteiger partial charge in [0.2, 0.25) is 5.89 Å². The molecule has 102 valence electrons. The molecule has 0 amide bonds. The first-order chi connectivity index (χ1) is 9.10. The lowest BCUT2D eigenvalue weighted by Gasteiger charge is -2.16. The number of nitrogens with zero attached hydrogens (tertiary/aromatic N) is 1. The fourth-order valence-electron chi connectivity index (χ4n) is 2.03. The predicted octanol–water partition coefficient (Wildman–Crippen LogP) is 3.24. The number of phenolic OH excluding ortho intramolecular Hbond substituents is 1. The number of nitrogens with one attached hydrogen (secondary N) is 1. The van der Waals surface area contributed by atoms with Crippen LogP contribution in [0.5, 0.6) is 5.75 Å². The summed E-state index contributed by atoms with van der Waals surface area (Å²) in [7, 11) is 0. The fraction of sp³-hybridized carbons (Fsp3) is 0.400. The number of benzene rings is 1. The van der Waals surface area contributed by atoms with Gasteiger partial charge in [-0.15, -0.1) is 0 Å². The van der Waals surface area contributed by atoms with Crippen LogP contribution in [0.1, 0.15) is 42.3 Å². The zero-order chi connectivity index (χ0) is 13.8. The second kappa shape index (κ2) is 5.89. The Morgan fingerprint density at radius 2 is 1.95 bits per heavy atom. The van der Waals surface area contributed by atoms with Gasteiger partial charge in [0.15, 0.2) is 0 Å². The van der Waals surface area contributed by atoms with Gasteiger partial charge in [-0.3, -0.25) is 0 Å². The first kappa shape index (κ1) is 13.6. The second-order valence-electron chi connectivity index (χ2n) is 4.68. The van der Waals surface area contributed by atoms with Crippen molar-refractivity contribution in [1.29, 1.82) is 0 Å². The largest absolute Gasteiger partial charge is 0.508 e. The van der Waals surface area contributed by atoms with E-state index >= 15 is 0 Å². The van der Waals surface area contributed by atoms with Crippen LogP contribution < -0.4 is 5.32 Å². The van der Waals surface area contributed by atoms with Gasteiger partial charge >= 0.3 is 0 Å². The smallest absolute Gasteiger partial charge is 0.208 e. The van der Waals surface area contributed by atoms with Crippen LogP contribution in [0, 0.1) is 13.8 Å². The van der Waals surface area contributed by atoms with E-state index in [4.69, 9.17) is 4.42 Å². The summed E-state index contributed by atoms with van der Waals surface area (Å²) in [6.45, 7) is 6.59. The molecule has 1 aromatic heterocycles. The van der Waals surface area contributed by atoms with Gasteiger partial charge in [-0.05, 0) is 38.0 Å². The highest BCUT2D eigenvalue weighted by Gasteiger charge is 2.11. The van der Waals surface area contributed by atoms with Crippen molar-refractivity contribution in [2.24, 2.45) is 0 Å². The SMILES string of the molecule is CCC(NCc1nc(C)c(C)o1)c1ccc(O)cc1. The minimum atomic E-state index is 0.230. The van der Waals surface area contributed by atoms with E-state index in [1.54, 1.807) is 12.1 Å². The maximum absolute atomic E-state index is 9.31. The highest BCUT2D eigenvalue weighted by atomic mass is 16.4. The topological polar surface area (TPSA) is 58.3 Å². The van der Waals surface area contributed by atoms with Gasteiger partial charge in [-0.2, -0.15) is 0 Å². The third-order valence-electron chi connectivity index (χ3n) is 3.28. The third-order valence-corrected chi connectivity index (χ3v) is 3.28. The van der Waals surface area contributed by atoms with E-state index in [-0.39, 0.29) is 11.8 Å². The molecule has 0 saturated heterocycles. The molecule has 0 aliphatic heterocycles. The summed E-state index contributed by atoms with van der Waals surface area (Å²) in [5.41, 5.74) is 2.09. The summed E-state index contributed by atoms with van der Waals surface area (Å²) in [6.07, 6.45) is 0.962. The Hall–Kier alpha value is -1.81. The Kier molecular flexibility index (Phi) is 4.22. The van der Waals surface area contributed by atoms with E-state index < -0.39 is 0 Å². The lowest BCUT2D eigenvalue weighted by atomic mass is 10.0. The lowest BCUT2D eigenvalue weighted by Crippen LogP contribution is -2.20. The molecule has 4 heteroatoms. The average Bonchev–Trinajstić information content (AvgIpc) is 2.71. The number of oxazole rings is 1. The number of hydrogen-bond acceptors (Lipinski definition) is 4. The van der Waals surface area contributed by atoms with Crippen molar-refractivity contribution in [3.05, 3.63) is 47.2 Å². The van der Waals surface area contributed by atoms with Crippen LogP contribution in [0.4, 0.5) is 0 Å². The van der Waals surface area contributed by atoms with Crippen molar-refractivity contribution in [3.8, 4) is 5.75 Å². The van der Waals surface area contributed by atoms with Gasteiger partial charge in [0.05, 0.1) is 12.2 Å². The molecule has 0 radical (unpaired) electrons. The third kappa shape index (κ3) is 3.35. The van der Waals surface area contributed by atoms with Crippen molar-refractivity contribution in [2.75, 3.05) is 0 Å². The van der Waals surface area contributed by atoms with Gasteiger partial charge in [0.25, 0.3) is 0 Å². The fourth-order valence-corrected chi connectivity index (χ4v) is 2.03. The lowest BCUT2D eigenvalue weighted by molar-refractivity contribution is 0.419. The molecule has 0 aliphatic carbocycles. The van der Waals surface area contributed by atoms with Crippen molar-refractivity contribution in [3.63, 3.8) is 0 Å². The molecule has 0 saturated carbocycles. The van der Waals surface area contributed by atoms with E-state index in [1.807, 2.05) is 26.0 Å². The molecule has 19 heavy (non-hydrogen) atoms. The molecule has 2 aromatic rings. The van der Waals surface area contributed by atoms with Gasteiger partial charge < -0.3 is 14.8 Å². The molecule has 2 N–H and O–H groups in total. The number of rotatable bonds is 5. The van der Waals surface area contributed by atoms with Crippen LogP contribution in [-0.4, -0.2) is 10.1 Å². The molecule has 4 nitrogen and oxygen atoms in total. The van der Waals surface area contributed by atoms with Crippen LogP contribution in [0.15, 0.2) is 28.7 Å². The Morgan fingerprint density at radius 3 is 2.47 bits per heavy atom. The maximum atomic E-state index is 9.31. The molecule has 0 bridgehead atoms. The standard InChI is InChI=1S/C15H20N2O2/c1-4-14(12-5-7-13(18)8-6-12)16-9-15-17-10(2)11(3)19-15/h5-8,14,16,18H,4,9H2,1-3H3. The molecular formula is C15H20N2O2. The highest BCUT2D eigenvalue weighted by Crippen LogP contribution is 2.20. The van der Waals surface area contributed by atoms with Crippen molar-refractivity contribution >= 4 is 0 Å². The van der Waals surface area contributed by atoms with Crippen LogP contribution in [0.25, 0.3) is 0 Å². The Balaban J connectivity index is 2.01. The van der Waals surface area contributed by atoms with E-state index in [0.717, 1.165) is 23.4 Å². The number of hydrogen-bond donors (Lipinski definition) is 2. The summed E-state index contributed by atoms with van der Waals surface area (Å²) in [4.78, 5) is 4.36. The monoisotopic (exact) mass is 260 g/mol. The second-order valence-corrected chi connectivity index (χ2v) is 4.68. The molecule has 1 heterocycles. The molecular weight excluding hydrogens is 240 g/mol. The number of phenols is 1. The normalized spacial score (nSPS) is 12.6. The summed E-state index contributed by atoms with van der Waals surface area (Å²) in [5.74, 6) is 1.87. The van der Waals surface area contributed by atoms with Gasteiger partial charge in [0, 0.05) is 6.04 Å². The maximum Gasteiger partial charge on any atom is 0.208 e. The molecule has 2 rings (SSSR count). The molecule has 0 spiro atoms. The first-order valence-electron chi connectivity index (χ1n) is 6.55. The van der Waals surface area contributed by atoms with E-state index in [1.165, 1.54) is 0 Å². The Labute approximate surface area is 113 Å². The van der Waals surface area contributed by atoms with Crippen LogP contribution in [0.3, 0.4) is 0 Å². The highest BCUT2D eigenvalue weighted by molar-refractivity contribution is 5.28. The van der Waals surface area contributed by atoms with Gasteiger partial charge in [0.1, 0.15) is 11.5 Å². The molecule has 1 atom stereocenters. The zero-order valence-electron chi connectivity index (χ0n) is 11.6. The van der Waals surface area contributed by atoms with Crippen LogP contribution >= 0.6 is 0 Å². The summed E-state index contributed by atoms with van der Waals surface area (Å²) in [5, 5.41) is 12.7. The quantitative estimate of drug-likeness (QED) is 0.866.